The average molecular weight is 588 g/mol. The summed E-state index contributed by atoms with van der Waals surface area (Å²) in [6, 6.07) is 7.42. The molecule has 0 aliphatic heterocycles. The Bertz CT molecular complexity index is 1360. The molecule has 0 bridgehead atoms. The minimum Gasteiger partial charge on any atom is -0.457 e. The molecule has 2 aromatic carbocycles. The molecule has 0 spiro atoms. The third kappa shape index (κ3) is 5.49. The van der Waals surface area contributed by atoms with E-state index >= 15 is 0 Å². The van der Waals surface area contributed by atoms with Gasteiger partial charge in [0.15, 0.2) is 5.69 Å². The van der Waals surface area contributed by atoms with E-state index in [0.29, 0.717) is 29.3 Å². The van der Waals surface area contributed by atoms with Crippen LogP contribution >= 0.6 is 27.5 Å². The van der Waals surface area contributed by atoms with Gasteiger partial charge in [-0.1, -0.05) is 11.6 Å². The molecule has 8 nitrogen and oxygen atoms in total. The molecule has 1 saturated carbocycles. The minimum atomic E-state index is -4.70. The molecule has 0 saturated heterocycles. The molecule has 1 heterocycles. The number of nitro benzene ring substituents is 1. The van der Waals surface area contributed by atoms with Gasteiger partial charge in [-0.25, -0.2) is 0 Å². The smallest absolute Gasteiger partial charge is 0.436 e. The summed E-state index contributed by atoms with van der Waals surface area (Å²) in [6.45, 7) is 3.18. The van der Waals surface area contributed by atoms with E-state index in [1.54, 1.807) is 25.1 Å². The standard InChI is InChI=1S/C23H19BrClF3N4O4/c1-11-7-16(5-6-18(11)25)36-17-9-14(8-15(10-17)32(34)35)29-22(33)12(2)31-20(13-3-4-13)19(24)21(30-31)23(26,27)28/h5-10,12-13H,3-4H2,1-2H3,(H,29,33). The summed E-state index contributed by atoms with van der Waals surface area (Å²) >= 11 is 9.02. The van der Waals surface area contributed by atoms with Crippen LogP contribution in [0.25, 0.3) is 0 Å². The van der Waals surface area contributed by atoms with E-state index in [-0.39, 0.29) is 27.5 Å². The maximum absolute atomic E-state index is 13.4. The lowest BCUT2D eigenvalue weighted by Crippen LogP contribution is -2.26. The number of hydrogen-bond donors (Lipinski definition) is 1. The van der Waals surface area contributed by atoms with E-state index < -0.39 is 28.7 Å². The van der Waals surface area contributed by atoms with Gasteiger partial charge in [0.25, 0.3) is 5.69 Å². The number of carbonyl (C=O) groups excluding carboxylic acids is 1. The molecule has 3 aromatic rings. The lowest BCUT2D eigenvalue weighted by molar-refractivity contribution is -0.384. The molecule has 1 amide bonds. The molecule has 1 aliphatic rings. The second kappa shape index (κ2) is 9.74. The van der Waals surface area contributed by atoms with E-state index in [0.717, 1.165) is 16.3 Å². The summed E-state index contributed by atoms with van der Waals surface area (Å²) in [5.74, 6) is -0.389. The Hall–Kier alpha value is -3.12. The normalized spacial score (nSPS) is 14.4. The first kappa shape index (κ1) is 26.0. The van der Waals surface area contributed by atoms with Crippen molar-refractivity contribution in [3.8, 4) is 11.5 Å². The predicted molar refractivity (Wildman–Crippen MR) is 130 cm³/mol. The quantitative estimate of drug-likeness (QED) is 0.229. The SMILES string of the molecule is Cc1cc(Oc2cc(NC(=O)C(C)n3nc(C(F)(F)F)c(Br)c3C3CC3)cc([N+](=O)[O-])c2)ccc1Cl. The highest BCUT2D eigenvalue weighted by Gasteiger charge is 2.43. The van der Waals surface area contributed by atoms with Crippen molar-refractivity contribution in [3.05, 3.63) is 73.0 Å². The van der Waals surface area contributed by atoms with Crippen LogP contribution in [-0.4, -0.2) is 20.6 Å². The molecule has 1 N–H and O–H groups in total. The fourth-order valence-electron chi connectivity index (χ4n) is 3.62. The fraction of sp³-hybridized carbons (Fsp3) is 0.304. The summed E-state index contributed by atoms with van der Waals surface area (Å²) < 4.78 is 46.9. The van der Waals surface area contributed by atoms with E-state index in [1.165, 1.54) is 19.1 Å². The number of nitrogens with zero attached hydrogens (tertiary/aromatic N) is 3. The number of alkyl halides is 3. The highest BCUT2D eigenvalue weighted by atomic mass is 79.9. The average Bonchev–Trinajstić information content (AvgIpc) is 3.56. The molecule has 1 atom stereocenters. The highest BCUT2D eigenvalue weighted by molar-refractivity contribution is 9.10. The Labute approximate surface area is 216 Å². The van der Waals surface area contributed by atoms with E-state index in [4.69, 9.17) is 16.3 Å². The van der Waals surface area contributed by atoms with Crippen molar-refractivity contribution in [3.63, 3.8) is 0 Å². The Morgan fingerprint density at radius 1 is 1.28 bits per heavy atom. The molecule has 36 heavy (non-hydrogen) atoms. The number of nitrogens with one attached hydrogen (secondary N) is 1. The number of non-ortho nitro benzene ring substituents is 1. The van der Waals surface area contributed by atoms with Crippen LogP contribution in [0.15, 0.2) is 40.9 Å². The van der Waals surface area contributed by atoms with Gasteiger partial charge in [-0.15, -0.1) is 0 Å². The number of aromatic nitrogens is 2. The third-order valence-corrected chi connectivity index (χ3v) is 6.81. The van der Waals surface area contributed by atoms with Crippen LogP contribution in [0.3, 0.4) is 0 Å². The molecular weight excluding hydrogens is 569 g/mol. The molecular formula is C23H19BrClF3N4O4. The van der Waals surface area contributed by atoms with Crippen molar-refractivity contribution in [2.75, 3.05) is 5.32 Å². The lowest BCUT2D eigenvalue weighted by atomic mass is 10.2. The van der Waals surface area contributed by atoms with Crippen LogP contribution in [0.2, 0.25) is 5.02 Å². The third-order valence-electron chi connectivity index (χ3n) is 5.60. The molecule has 13 heteroatoms. The van der Waals surface area contributed by atoms with Crippen molar-refractivity contribution in [2.24, 2.45) is 0 Å². The van der Waals surface area contributed by atoms with E-state index in [9.17, 15) is 28.1 Å². The number of amides is 1. The number of carbonyl (C=O) groups is 1. The lowest BCUT2D eigenvalue weighted by Gasteiger charge is -2.16. The van der Waals surface area contributed by atoms with Gasteiger partial charge in [-0.3, -0.25) is 19.6 Å². The topological polar surface area (TPSA) is 99.3 Å². The number of rotatable bonds is 7. The van der Waals surface area contributed by atoms with Crippen LogP contribution in [0, 0.1) is 17.0 Å². The zero-order valence-corrected chi connectivity index (χ0v) is 21.2. The number of anilines is 1. The van der Waals surface area contributed by atoms with Crippen molar-refractivity contribution in [2.45, 2.75) is 44.8 Å². The number of aryl methyl sites for hydroxylation is 1. The molecule has 1 unspecified atom stereocenters. The molecule has 190 valence electrons. The Kier molecular flexibility index (Phi) is 7.02. The summed E-state index contributed by atoms with van der Waals surface area (Å²) in [6.07, 6.45) is -3.33. The molecule has 1 aliphatic carbocycles. The number of ether oxygens (including phenoxy) is 1. The Balaban J connectivity index is 1.62. The monoisotopic (exact) mass is 586 g/mol. The van der Waals surface area contributed by atoms with Gasteiger partial charge >= 0.3 is 6.18 Å². The largest absolute Gasteiger partial charge is 0.457 e. The Morgan fingerprint density at radius 3 is 2.56 bits per heavy atom. The van der Waals surface area contributed by atoms with Gasteiger partial charge < -0.3 is 10.1 Å². The van der Waals surface area contributed by atoms with Crippen LogP contribution in [0.4, 0.5) is 24.5 Å². The summed E-state index contributed by atoms with van der Waals surface area (Å²) in [5, 5.41) is 18.2. The fourth-order valence-corrected chi connectivity index (χ4v) is 4.55. The van der Waals surface area contributed by atoms with Crippen LogP contribution in [-0.2, 0) is 11.0 Å². The van der Waals surface area contributed by atoms with Crippen molar-refractivity contribution in [1.82, 2.24) is 9.78 Å². The van der Waals surface area contributed by atoms with Crippen molar-refractivity contribution < 1.29 is 27.6 Å². The molecule has 1 aromatic heterocycles. The molecule has 4 rings (SSSR count). The van der Waals surface area contributed by atoms with Gasteiger partial charge in [-0.2, -0.15) is 18.3 Å². The van der Waals surface area contributed by atoms with Crippen LogP contribution in [0.1, 0.15) is 48.7 Å². The first-order valence-corrected chi connectivity index (χ1v) is 11.9. The van der Waals surface area contributed by atoms with E-state index in [2.05, 4.69) is 26.3 Å². The van der Waals surface area contributed by atoms with E-state index in [1.807, 2.05) is 0 Å². The van der Waals surface area contributed by atoms with Gasteiger partial charge in [0.05, 0.1) is 26.8 Å². The maximum Gasteiger partial charge on any atom is 0.436 e. The first-order chi connectivity index (χ1) is 16.8. The van der Waals surface area contributed by atoms with Crippen LogP contribution < -0.4 is 10.1 Å². The summed E-state index contributed by atoms with van der Waals surface area (Å²) in [5.41, 5.74) is -0.380. The Morgan fingerprint density at radius 2 is 1.97 bits per heavy atom. The van der Waals surface area contributed by atoms with Crippen LogP contribution in [0.5, 0.6) is 11.5 Å². The van der Waals surface area contributed by atoms with Gasteiger partial charge in [0.1, 0.15) is 17.5 Å². The van der Waals surface area contributed by atoms with Gasteiger partial charge in [0, 0.05) is 23.1 Å². The zero-order chi connectivity index (χ0) is 26.4. The highest BCUT2D eigenvalue weighted by Crippen LogP contribution is 2.47. The summed E-state index contributed by atoms with van der Waals surface area (Å²) in [4.78, 5) is 23.8. The maximum atomic E-state index is 13.4. The number of halogens is 5. The molecule has 1 fully saturated rings. The second-order valence-corrected chi connectivity index (χ2v) is 9.62. The molecule has 0 radical (unpaired) electrons. The predicted octanol–water partition coefficient (Wildman–Crippen LogP) is 7.40. The minimum absolute atomic E-state index is 0.0389. The summed E-state index contributed by atoms with van der Waals surface area (Å²) in [7, 11) is 0. The first-order valence-electron chi connectivity index (χ1n) is 10.7. The second-order valence-electron chi connectivity index (χ2n) is 8.42. The number of hydrogen-bond acceptors (Lipinski definition) is 5. The van der Waals surface area contributed by atoms with Crippen molar-refractivity contribution >= 4 is 44.8 Å². The number of benzene rings is 2. The van der Waals surface area contributed by atoms with Gasteiger partial charge in [0.2, 0.25) is 5.91 Å². The number of nitro groups is 1. The zero-order valence-electron chi connectivity index (χ0n) is 18.9. The van der Waals surface area contributed by atoms with Gasteiger partial charge in [-0.05, 0) is 66.4 Å². The van der Waals surface area contributed by atoms with Crippen molar-refractivity contribution in [1.29, 1.82) is 0 Å².